The molecular formula is C23H29ClN2O2. The van der Waals surface area contributed by atoms with Crippen molar-refractivity contribution in [2.75, 3.05) is 26.2 Å². The van der Waals surface area contributed by atoms with Gasteiger partial charge in [-0.2, -0.15) is 0 Å². The number of hydrogen-bond donors (Lipinski definition) is 1. The fraction of sp³-hybridized carbons (Fsp3) is 0.435. The average molecular weight is 401 g/mol. The van der Waals surface area contributed by atoms with Crippen LogP contribution >= 0.6 is 11.6 Å². The third kappa shape index (κ3) is 5.98. The standard InChI is InChI=1S/C23H29ClN2O2/c1-18-10-12-19(13-11-18)21(26-14-6-2-3-7-15-26)16-25-23(27)17-28-22-9-5-4-8-20(22)24/h4-5,8-13,21H,2-3,6-7,14-17H2,1H3,(H,25,27)/t21-/m0/s1. The molecule has 0 bridgehead atoms. The van der Waals surface area contributed by atoms with Crippen LogP contribution in [0.5, 0.6) is 5.75 Å². The molecule has 1 fully saturated rings. The fourth-order valence-electron chi connectivity index (χ4n) is 3.62. The highest BCUT2D eigenvalue weighted by Gasteiger charge is 2.22. The number of benzene rings is 2. The molecule has 2 aromatic carbocycles. The molecule has 0 saturated carbocycles. The van der Waals surface area contributed by atoms with Gasteiger partial charge in [0.2, 0.25) is 0 Å². The summed E-state index contributed by atoms with van der Waals surface area (Å²) in [6.45, 7) is 4.78. The monoisotopic (exact) mass is 400 g/mol. The van der Waals surface area contributed by atoms with Gasteiger partial charge in [0, 0.05) is 6.54 Å². The maximum atomic E-state index is 12.4. The number of ether oxygens (including phenoxy) is 1. The second kappa shape index (κ2) is 10.5. The number of carbonyl (C=O) groups excluding carboxylic acids is 1. The van der Waals surface area contributed by atoms with Crippen molar-refractivity contribution in [3.05, 3.63) is 64.7 Å². The highest BCUT2D eigenvalue weighted by atomic mass is 35.5. The van der Waals surface area contributed by atoms with Crippen LogP contribution in [0.2, 0.25) is 5.02 Å². The largest absolute Gasteiger partial charge is 0.482 e. The molecule has 1 heterocycles. The minimum Gasteiger partial charge on any atom is -0.482 e. The number of likely N-dealkylation sites (tertiary alicyclic amines) is 1. The lowest BCUT2D eigenvalue weighted by atomic mass is 10.0. The van der Waals surface area contributed by atoms with Crippen LogP contribution in [-0.2, 0) is 4.79 Å². The van der Waals surface area contributed by atoms with Crippen LogP contribution in [0, 0.1) is 6.92 Å². The summed E-state index contributed by atoms with van der Waals surface area (Å²) in [5.41, 5.74) is 2.50. The zero-order valence-electron chi connectivity index (χ0n) is 16.5. The van der Waals surface area contributed by atoms with Gasteiger partial charge in [-0.25, -0.2) is 0 Å². The Kier molecular flexibility index (Phi) is 7.75. The van der Waals surface area contributed by atoms with Gasteiger partial charge in [-0.15, -0.1) is 0 Å². The fourth-order valence-corrected chi connectivity index (χ4v) is 3.81. The van der Waals surface area contributed by atoms with Gasteiger partial charge in [-0.3, -0.25) is 9.69 Å². The Morgan fingerprint density at radius 2 is 1.75 bits per heavy atom. The molecule has 0 aliphatic carbocycles. The Hall–Kier alpha value is -2.04. The third-order valence-electron chi connectivity index (χ3n) is 5.23. The molecule has 0 unspecified atom stereocenters. The minimum atomic E-state index is -0.133. The highest BCUT2D eigenvalue weighted by molar-refractivity contribution is 6.32. The Morgan fingerprint density at radius 1 is 1.07 bits per heavy atom. The van der Waals surface area contributed by atoms with E-state index in [9.17, 15) is 4.79 Å². The summed E-state index contributed by atoms with van der Waals surface area (Å²) in [5, 5.41) is 3.57. The van der Waals surface area contributed by atoms with Crippen molar-refractivity contribution in [1.82, 2.24) is 10.2 Å². The number of carbonyl (C=O) groups is 1. The number of hydrogen-bond acceptors (Lipinski definition) is 3. The van der Waals surface area contributed by atoms with E-state index < -0.39 is 0 Å². The topological polar surface area (TPSA) is 41.6 Å². The highest BCUT2D eigenvalue weighted by Crippen LogP contribution is 2.25. The first-order valence-corrected chi connectivity index (χ1v) is 10.5. The molecule has 1 aliphatic rings. The predicted octanol–water partition coefficient (Wildman–Crippen LogP) is 4.76. The van der Waals surface area contributed by atoms with Crippen LogP contribution < -0.4 is 10.1 Å². The van der Waals surface area contributed by atoms with E-state index in [4.69, 9.17) is 16.3 Å². The van der Waals surface area contributed by atoms with Crippen LogP contribution in [0.25, 0.3) is 0 Å². The number of amides is 1. The molecular weight excluding hydrogens is 372 g/mol. The quantitative estimate of drug-likeness (QED) is 0.728. The molecule has 4 nitrogen and oxygen atoms in total. The second-order valence-corrected chi connectivity index (χ2v) is 7.81. The van der Waals surface area contributed by atoms with Gasteiger partial charge >= 0.3 is 0 Å². The van der Waals surface area contributed by atoms with Gasteiger partial charge in [0.1, 0.15) is 5.75 Å². The molecule has 1 saturated heterocycles. The van der Waals surface area contributed by atoms with Crippen LogP contribution in [-0.4, -0.2) is 37.0 Å². The van der Waals surface area contributed by atoms with Crippen molar-refractivity contribution in [2.45, 2.75) is 38.6 Å². The van der Waals surface area contributed by atoms with Crippen molar-refractivity contribution in [3.8, 4) is 5.75 Å². The molecule has 1 N–H and O–H groups in total. The van der Waals surface area contributed by atoms with Crippen molar-refractivity contribution >= 4 is 17.5 Å². The number of aryl methyl sites for hydroxylation is 1. The van der Waals surface area contributed by atoms with E-state index in [1.807, 2.05) is 12.1 Å². The van der Waals surface area contributed by atoms with E-state index in [0.29, 0.717) is 17.3 Å². The molecule has 1 aliphatic heterocycles. The molecule has 2 aromatic rings. The number of nitrogens with zero attached hydrogens (tertiary/aromatic N) is 1. The Balaban J connectivity index is 1.61. The zero-order chi connectivity index (χ0) is 19.8. The minimum absolute atomic E-state index is 0.0374. The van der Waals surface area contributed by atoms with Crippen LogP contribution in [0.3, 0.4) is 0 Å². The van der Waals surface area contributed by atoms with Crippen LogP contribution in [0.15, 0.2) is 48.5 Å². The SMILES string of the molecule is Cc1ccc([C@H](CNC(=O)COc2ccccc2Cl)N2CCCCCC2)cc1. The van der Waals surface area contributed by atoms with Crippen LogP contribution in [0.4, 0.5) is 0 Å². The van der Waals surface area contributed by atoms with Crippen molar-refractivity contribution in [3.63, 3.8) is 0 Å². The summed E-state index contributed by atoms with van der Waals surface area (Å²) in [6, 6.07) is 16.0. The second-order valence-electron chi connectivity index (χ2n) is 7.40. The smallest absolute Gasteiger partial charge is 0.258 e. The number of rotatable bonds is 7. The number of nitrogens with one attached hydrogen (secondary N) is 1. The molecule has 0 radical (unpaired) electrons. The molecule has 0 spiro atoms. The first-order valence-electron chi connectivity index (χ1n) is 10.1. The van der Waals surface area contributed by atoms with E-state index in [0.717, 1.165) is 13.1 Å². The lowest BCUT2D eigenvalue weighted by molar-refractivity contribution is -0.123. The molecule has 28 heavy (non-hydrogen) atoms. The van der Waals surface area contributed by atoms with Crippen molar-refractivity contribution < 1.29 is 9.53 Å². The Morgan fingerprint density at radius 3 is 2.43 bits per heavy atom. The van der Waals surface area contributed by atoms with Gasteiger partial charge in [0.25, 0.3) is 5.91 Å². The maximum Gasteiger partial charge on any atom is 0.258 e. The van der Waals surface area contributed by atoms with Gasteiger partial charge in [0.05, 0.1) is 11.1 Å². The normalized spacial score (nSPS) is 16.2. The third-order valence-corrected chi connectivity index (χ3v) is 5.54. The maximum absolute atomic E-state index is 12.4. The molecule has 1 atom stereocenters. The first kappa shape index (κ1) is 20.7. The first-order chi connectivity index (χ1) is 13.6. The Bertz CT molecular complexity index is 755. The molecule has 0 aromatic heterocycles. The summed E-state index contributed by atoms with van der Waals surface area (Å²) >= 11 is 6.08. The Labute approximate surface area is 172 Å². The van der Waals surface area contributed by atoms with E-state index >= 15 is 0 Å². The van der Waals surface area contributed by atoms with E-state index in [1.165, 1.54) is 36.8 Å². The molecule has 1 amide bonds. The van der Waals surface area contributed by atoms with Crippen LogP contribution in [0.1, 0.15) is 42.9 Å². The average Bonchev–Trinajstić information content (AvgIpc) is 2.98. The number of para-hydroxylation sites is 1. The van der Waals surface area contributed by atoms with E-state index in [1.54, 1.807) is 12.1 Å². The van der Waals surface area contributed by atoms with Crippen molar-refractivity contribution in [1.29, 1.82) is 0 Å². The molecule has 5 heteroatoms. The van der Waals surface area contributed by atoms with E-state index in [2.05, 4.69) is 41.4 Å². The van der Waals surface area contributed by atoms with Crippen molar-refractivity contribution in [2.24, 2.45) is 0 Å². The summed E-state index contributed by atoms with van der Waals surface area (Å²) in [7, 11) is 0. The van der Waals surface area contributed by atoms with Gasteiger partial charge < -0.3 is 10.1 Å². The van der Waals surface area contributed by atoms with Gasteiger partial charge in [0.15, 0.2) is 6.61 Å². The number of halogens is 1. The summed E-state index contributed by atoms with van der Waals surface area (Å²) in [5.74, 6) is 0.397. The van der Waals surface area contributed by atoms with E-state index in [-0.39, 0.29) is 18.6 Å². The summed E-state index contributed by atoms with van der Waals surface area (Å²) in [4.78, 5) is 14.9. The summed E-state index contributed by atoms with van der Waals surface area (Å²) < 4.78 is 5.56. The lowest BCUT2D eigenvalue weighted by Crippen LogP contribution is -2.40. The lowest BCUT2D eigenvalue weighted by Gasteiger charge is -2.31. The zero-order valence-corrected chi connectivity index (χ0v) is 17.3. The molecule has 150 valence electrons. The van der Waals surface area contributed by atoms with Gasteiger partial charge in [-0.1, -0.05) is 66.4 Å². The summed E-state index contributed by atoms with van der Waals surface area (Å²) in [6.07, 6.45) is 5.00. The predicted molar refractivity (Wildman–Crippen MR) is 114 cm³/mol. The molecule has 3 rings (SSSR count). The van der Waals surface area contributed by atoms with Gasteiger partial charge in [-0.05, 0) is 50.6 Å².